The van der Waals surface area contributed by atoms with E-state index in [1.165, 1.54) is 6.07 Å². The Kier molecular flexibility index (Phi) is 5.02. The molecule has 2 heterocycles. The molecule has 1 atom stereocenters. The quantitative estimate of drug-likeness (QED) is 0.904. The first-order valence-corrected chi connectivity index (χ1v) is 8.01. The molecular weight excluding hydrogens is 328 g/mol. The Morgan fingerprint density at radius 3 is 2.64 bits per heavy atom. The van der Waals surface area contributed by atoms with Crippen molar-refractivity contribution in [3.05, 3.63) is 59.9 Å². The highest BCUT2D eigenvalue weighted by molar-refractivity contribution is 6.01. The predicted molar refractivity (Wildman–Crippen MR) is 87.8 cm³/mol. The molecule has 1 saturated heterocycles. The van der Waals surface area contributed by atoms with Gasteiger partial charge in [-0.25, -0.2) is 8.78 Å². The maximum atomic E-state index is 13.8. The number of hydrogen-bond acceptors (Lipinski definition) is 3. The van der Waals surface area contributed by atoms with Crippen molar-refractivity contribution in [2.24, 2.45) is 0 Å². The van der Waals surface area contributed by atoms with Crippen molar-refractivity contribution in [3.63, 3.8) is 0 Å². The molecule has 130 valence electrons. The fourth-order valence-electron chi connectivity index (χ4n) is 2.84. The Morgan fingerprint density at radius 1 is 1.20 bits per heavy atom. The molecule has 25 heavy (non-hydrogen) atoms. The molecule has 2 aromatic rings. The number of carbonyl (C=O) groups excluding carboxylic acids is 2. The molecule has 1 N–H and O–H groups in total. The van der Waals surface area contributed by atoms with E-state index in [2.05, 4.69) is 10.3 Å². The number of benzene rings is 1. The fraction of sp³-hybridized carbons (Fsp3) is 0.278. The zero-order valence-electron chi connectivity index (χ0n) is 13.4. The number of nitrogens with one attached hydrogen (secondary N) is 1. The first kappa shape index (κ1) is 17.0. The molecular formula is C18H17F2N3O2. The van der Waals surface area contributed by atoms with Crippen LogP contribution in [0.15, 0.2) is 42.6 Å². The first-order valence-electron chi connectivity index (χ1n) is 8.01. The summed E-state index contributed by atoms with van der Waals surface area (Å²) in [7, 11) is 0. The summed E-state index contributed by atoms with van der Waals surface area (Å²) in [5.41, 5.74) is 0.420. The second-order valence-corrected chi connectivity index (χ2v) is 5.79. The fourth-order valence-corrected chi connectivity index (χ4v) is 2.84. The Morgan fingerprint density at radius 2 is 1.96 bits per heavy atom. The third-order valence-corrected chi connectivity index (χ3v) is 4.08. The molecule has 1 fully saturated rings. The van der Waals surface area contributed by atoms with Gasteiger partial charge in [0.15, 0.2) is 0 Å². The van der Waals surface area contributed by atoms with E-state index in [1.807, 2.05) is 12.1 Å². The van der Waals surface area contributed by atoms with Gasteiger partial charge in [0.05, 0.1) is 0 Å². The summed E-state index contributed by atoms with van der Waals surface area (Å²) in [6, 6.07) is 8.12. The summed E-state index contributed by atoms with van der Waals surface area (Å²) < 4.78 is 27.7. The molecule has 0 saturated carbocycles. The van der Waals surface area contributed by atoms with Gasteiger partial charge in [-0.1, -0.05) is 12.1 Å². The van der Waals surface area contributed by atoms with Gasteiger partial charge in [0.1, 0.15) is 23.4 Å². The van der Waals surface area contributed by atoms with E-state index < -0.39 is 23.6 Å². The lowest BCUT2D eigenvalue weighted by atomic mass is 10.2. The Labute approximate surface area is 143 Å². The van der Waals surface area contributed by atoms with Gasteiger partial charge in [-0.3, -0.25) is 14.6 Å². The van der Waals surface area contributed by atoms with Crippen LogP contribution in [-0.2, 0) is 16.0 Å². The zero-order chi connectivity index (χ0) is 17.8. The number of nitrogens with zero attached hydrogens (tertiary/aromatic N) is 2. The number of anilines is 1. The minimum absolute atomic E-state index is 0.155. The highest BCUT2D eigenvalue weighted by Gasteiger charge is 2.36. The predicted octanol–water partition coefficient (Wildman–Crippen LogP) is 2.21. The maximum Gasteiger partial charge on any atom is 0.249 e. The van der Waals surface area contributed by atoms with Crippen molar-refractivity contribution < 1.29 is 18.4 Å². The molecule has 0 spiro atoms. The molecule has 1 unspecified atom stereocenters. The number of rotatable bonds is 5. The summed E-state index contributed by atoms with van der Waals surface area (Å²) in [6.07, 6.45) is 2.60. The first-order chi connectivity index (χ1) is 12.1. The van der Waals surface area contributed by atoms with Crippen LogP contribution in [0.1, 0.15) is 18.5 Å². The second kappa shape index (κ2) is 7.38. The van der Waals surface area contributed by atoms with E-state index in [4.69, 9.17) is 0 Å². The van der Waals surface area contributed by atoms with E-state index in [0.717, 1.165) is 22.7 Å². The molecule has 0 aliphatic carbocycles. The van der Waals surface area contributed by atoms with Gasteiger partial charge in [-0.2, -0.15) is 0 Å². The Bertz CT molecular complexity index is 763. The Hall–Kier alpha value is -2.83. The van der Waals surface area contributed by atoms with Gasteiger partial charge in [0.25, 0.3) is 0 Å². The number of amides is 2. The minimum atomic E-state index is -0.796. The lowest BCUT2D eigenvalue weighted by Crippen LogP contribution is -2.42. The van der Waals surface area contributed by atoms with Crippen molar-refractivity contribution in [3.8, 4) is 0 Å². The average molecular weight is 345 g/mol. The van der Waals surface area contributed by atoms with E-state index in [-0.39, 0.29) is 24.6 Å². The minimum Gasteiger partial charge on any atom is -0.344 e. The molecule has 1 aliphatic heterocycles. The van der Waals surface area contributed by atoms with Gasteiger partial charge < -0.3 is 10.2 Å². The number of aromatic nitrogens is 1. The largest absolute Gasteiger partial charge is 0.344 e. The van der Waals surface area contributed by atoms with Gasteiger partial charge >= 0.3 is 0 Å². The SMILES string of the molecule is O=C(CCc1ccccn1)NC1CCN(c2c(F)cccc2F)C1=O. The van der Waals surface area contributed by atoms with Gasteiger partial charge in [0.2, 0.25) is 11.8 Å². The van der Waals surface area contributed by atoms with Crippen LogP contribution >= 0.6 is 0 Å². The number of aryl methyl sites for hydroxylation is 1. The van der Waals surface area contributed by atoms with Crippen LogP contribution in [0.3, 0.4) is 0 Å². The molecule has 1 aliphatic rings. The van der Waals surface area contributed by atoms with Crippen LogP contribution in [-0.4, -0.2) is 29.4 Å². The van der Waals surface area contributed by atoms with Crippen molar-refractivity contribution in [2.45, 2.75) is 25.3 Å². The third-order valence-electron chi connectivity index (χ3n) is 4.08. The number of halogens is 2. The monoisotopic (exact) mass is 345 g/mol. The van der Waals surface area contributed by atoms with Crippen molar-refractivity contribution in [1.29, 1.82) is 0 Å². The molecule has 1 aromatic carbocycles. The van der Waals surface area contributed by atoms with E-state index in [0.29, 0.717) is 12.8 Å². The second-order valence-electron chi connectivity index (χ2n) is 5.79. The van der Waals surface area contributed by atoms with Crippen LogP contribution in [0, 0.1) is 11.6 Å². The standard InChI is InChI=1S/C18H17F2N3O2/c19-13-5-3-6-14(20)17(13)23-11-9-15(18(23)25)22-16(24)8-7-12-4-1-2-10-21-12/h1-6,10,15H,7-9,11H2,(H,22,24). The topological polar surface area (TPSA) is 62.3 Å². The summed E-state index contributed by atoms with van der Waals surface area (Å²) in [6.45, 7) is 0.155. The van der Waals surface area contributed by atoms with Crippen molar-refractivity contribution in [2.75, 3.05) is 11.4 Å². The van der Waals surface area contributed by atoms with Crippen LogP contribution in [0.25, 0.3) is 0 Å². The van der Waals surface area contributed by atoms with Crippen LogP contribution in [0.5, 0.6) is 0 Å². The van der Waals surface area contributed by atoms with Crippen LogP contribution in [0.4, 0.5) is 14.5 Å². The van der Waals surface area contributed by atoms with E-state index in [1.54, 1.807) is 12.3 Å². The molecule has 0 radical (unpaired) electrons. The van der Waals surface area contributed by atoms with Crippen molar-refractivity contribution >= 4 is 17.5 Å². The number of para-hydroxylation sites is 1. The summed E-state index contributed by atoms with van der Waals surface area (Å²) in [4.78, 5) is 29.6. The molecule has 5 nitrogen and oxygen atoms in total. The summed E-state index contributed by atoms with van der Waals surface area (Å²) >= 11 is 0. The summed E-state index contributed by atoms with van der Waals surface area (Å²) in [5.74, 6) is -2.39. The van der Waals surface area contributed by atoms with Crippen LogP contribution < -0.4 is 10.2 Å². The number of hydrogen-bond donors (Lipinski definition) is 1. The molecule has 7 heteroatoms. The highest BCUT2D eigenvalue weighted by atomic mass is 19.1. The van der Waals surface area contributed by atoms with E-state index in [9.17, 15) is 18.4 Å². The van der Waals surface area contributed by atoms with Gasteiger partial charge in [0, 0.05) is 24.9 Å². The van der Waals surface area contributed by atoms with Crippen molar-refractivity contribution in [1.82, 2.24) is 10.3 Å². The third kappa shape index (κ3) is 3.81. The summed E-state index contributed by atoms with van der Waals surface area (Å²) in [5, 5.41) is 2.63. The van der Waals surface area contributed by atoms with E-state index >= 15 is 0 Å². The molecule has 2 amide bonds. The normalized spacial score (nSPS) is 17.0. The molecule has 0 bridgehead atoms. The maximum absolute atomic E-state index is 13.8. The number of pyridine rings is 1. The lowest BCUT2D eigenvalue weighted by Gasteiger charge is -2.18. The van der Waals surface area contributed by atoms with Crippen LogP contribution in [0.2, 0.25) is 0 Å². The van der Waals surface area contributed by atoms with Gasteiger partial charge in [-0.15, -0.1) is 0 Å². The molecule has 3 rings (SSSR count). The molecule has 1 aromatic heterocycles. The highest BCUT2D eigenvalue weighted by Crippen LogP contribution is 2.27. The lowest BCUT2D eigenvalue weighted by molar-refractivity contribution is -0.126. The zero-order valence-corrected chi connectivity index (χ0v) is 13.4. The number of carbonyl (C=O) groups is 2. The Balaban J connectivity index is 1.60. The average Bonchev–Trinajstić information content (AvgIpc) is 2.95. The smallest absolute Gasteiger partial charge is 0.249 e. The van der Waals surface area contributed by atoms with Gasteiger partial charge in [-0.05, 0) is 37.1 Å².